The van der Waals surface area contributed by atoms with E-state index in [1.165, 1.54) is 49.7 Å². The number of rotatable bonds is 7. The summed E-state index contributed by atoms with van der Waals surface area (Å²) in [4.78, 5) is 4.90. The first-order valence-corrected chi connectivity index (χ1v) is 22.2. The Morgan fingerprint density at radius 3 is 2.11 bits per heavy atom. The number of pyridine rings is 1. The Balaban J connectivity index is 1.04. The zero-order chi connectivity index (χ0) is 43.7. The molecule has 0 bridgehead atoms. The Labute approximate surface area is 374 Å². The van der Waals surface area contributed by atoms with Gasteiger partial charge in [-0.3, -0.25) is 13.7 Å². The van der Waals surface area contributed by atoms with E-state index in [1.54, 1.807) is 6.26 Å². The molecular formula is C59H50N4O. The number of aromatic nitrogens is 4. The van der Waals surface area contributed by atoms with Crippen LogP contribution in [0.4, 0.5) is 0 Å². The Bertz CT molecular complexity index is 3550. The average Bonchev–Trinajstić information content (AvgIpc) is 4.02. The fourth-order valence-electron chi connectivity index (χ4n) is 9.56. The lowest BCUT2D eigenvalue weighted by Gasteiger charge is -2.25. The molecule has 7 aromatic carbocycles. The smallest absolute Gasteiger partial charge is 0.269 e. The van der Waals surface area contributed by atoms with Crippen molar-refractivity contribution in [3.8, 4) is 39.4 Å². The largest absolute Gasteiger partial charge is 0.464 e. The zero-order valence-electron chi connectivity index (χ0n) is 37.2. The van der Waals surface area contributed by atoms with Crippen LogP contribution < -0.4 is 4.57 Å². The summed E-state index contributed by atoms with van der Waals surface area (Å²) >= 11 is 0. The van der Waals surface area contributed by atoms with Crippen LogP contribution in [-0.4, -0.2) is 14.1 Å². The molecule has 0 saturated carbocycles. The highest BCUT2D eigenvalue weighted by molar-refractivity contribution is 6.09. The van der Waals surface area contributed by atoms with E-state index in [0.29, 0.717) is 0 Å². The van der Waals surface area contributed by atoms with Crippen LogP contribution in [-0.2, 0) is 17.3 Å². The fraction of sp³-hybridized carbons (Fsp3) is 0.153. The van der Waals surface area contributed by atoms with Gasteiger partial charge in [-0.2, -0.15) is 0 Å². The lowest BCUT2D eigenvalue weighted by Crippen LogP contribution is -2.31. The molecule has 5 heteroatoms. The van der Waals surface area contributed by atoms with E-state index < -0.39 is 0 Å². The molecule has 0 spiro atoms. The van der Waals surface area contributed by atoms with Gasteiger partial charge in [-0.05, 0) is 92.1 Å². The average molecular weight is 831 g/mol. The second kappa shape index (κ2) is 15.1. The van der Waals surface area contributed by atoms with Crippen molar-refractivity contribution < 1.29 is 8.98 Å². The summed E-state index contributed by atoms with van der Waals surface area (Å²) in [6.45, 7) is 13.7. The van der Waals surface area contributed by atoms with Gasteiger partial charge in [-0.15, -0.1) is 0 Å². The van der Waals surface area contributed by atoms with Crippen molar-refractivity contribution in [1.29, 1.82) is 0 Å². The van der Waals surface area contributed by atoms with E-state index >= 15 is 0 Å². The molecule has 312 valence electrons. The van der Waals surface area contributed by atoms with E-state index in [4.69, 9.17) is 9.40 Å². The van der Waals surface area contributed by atoms with Gasteiger partial charge in [0.2, 0.25) is 0 Å². The van der Waals surface area contributed by atoms with Crippen LogP contribution in [0.1, 0.15) is 63.8 Å². The van der Waals surface area contributed by atoms with Crippen LogP contribution in [0.15, 0.2) is 187 Å². The van der Waals surface area contributed by atoms with E-state index in [2.05, 4.69) is 219 Å². The van der Waals surface area contributed by atoms with Crippen molar-refractivity contribution in [3.63, 3.8) is 0 Å². The Morgan fingerprint density at radius 2 is 1.28 bits per heavy atom. The third-order valence-electron chi connectivity index (χ3n) is 12.8. The minimum absolute atomic E-state index is 0.0552. The van der Waals surface area contributed by atoms with Crippen molar-refractivity contribution in [1.82, 2.24) is 14.1 Å². The minimum atomic E-state index is -0.0622. The van der Waals surface area contributed by atoms with Gasteiger partial charge in [0, 0.05) is 28.4 Å². The molecular weight excluding hydrogens is 781 g/mol. The lowest BCUT2D eigenvalue weighted by molar-refractivity contribution is -0.571. The predicted octanol–water partition coefficient (Wildman–Crippen LogP) is 14.5. The van der Waals surface area contributed by atoms with Crippen LogP contribution in [0.3, 0.4) is 0 Å². The molecule has 0 aliphatic heterocycles. The van der Waals surface area contributed by atoms with Crippen molar-refractivity contribution in [2.75, 3.05) is 0 Å². The topological polar surface area (TPSA) is 39.8 Å². The summed E-state index contributed by atoms with van der Waals surface area (Å²) in [7, 11) is 0. The molecule has 4 heterocycles. The minimum Gasteiger partial charge on any atom is -0.464 e. The number of furan rings is 1. The standard InChI is InChI=1S/C59H50N4O/c1-58(2,3)43-28-26-41(27-29-43)45-19-14-20-49(46-17-7-9-21-50(46)59(4,5)6)57(45)62-38-61(52-23-11-12-24-53(52)62)44-16-13-15-39(34-44)33-40-25-30-48-47-18-8-10-22-51(47)63(54(48)35-40)56-36-55-42(37-60-56)31-32-64-55/h7-32,34-37H,33H2,1-6H3. The lowest BCUT2D eigenvalue weighted by atomic mass is 9.81. The maximum Gasteiger partial charge on any atom is 0.269 e. The second-order valence-electron chi connectivity index (χ2n) is 19.1. The summed E-state index contributed by atoms with van der Waals surface area (Å²) in [6, 6.07) is 61.8. The third kappa shape index (κ3) is 6.80. The first-order valence-electron chi connectivity index (χ1n) is 22.2. The summed E-state index contributed by atoms with van der Waals surface area (Å²) < 4.78 is 12.6. The normalized spacial score (nSPS) is 12.3. The molecule has 5 nitrogen and oxygen atoms in total. The highest BCUT2D eigenvalue weighted by atomic mass is 16.3. The molecule has 4 aromatic heterocycles. The van der Waals surface area contributed by atoms with Gasteiger partial charge in [0.25, 0.3) is 6.33 Å². The van der Waals surface area contributed by atoms with E-state index in [1.807, 2.05) is 18.3 Å². The summed E-state index contributed by atoms with van der Waals surface area (Å²) in [5.74, 6) is 0.838. The number of imidazole rings is 1. The molecule has 0 atom stereocenters. The first-order chi connectivity index (χ1) is 31.0. The molecule has 0 aliphatic carbocycles. The number of para-hydroxylation sites is 4. The number of benzene rings is 7. The highest BCUT2D eigenvalue weighted by Crippen LogP contribution is 2.40. The maximum atomic E-state index is 5.81. The molecule has 0 fully saturated rings. The molecule has 0 N–H and O–H groups in total. The SMILES string of the molecule is CC(C)(C)c1ccc(-c2cccc(-c3ccccc3C(C)(C)C)c2-[n+]2[c-]n(-c3cccc(Cc4ccc5c6ccccc6n(-c6cc7occc7cn6)c5c4)c3)c3ccccc32)cc1. The van der Waals surface area contributed by atoms with Gasteiger partial charge in [0.15, 0.2) is 0 Å². The van der Waals surface area contributed by atoms with Gasteiger partial charge in [-0.25, -0.2) is 4.98 Å². The zero-order valence-corrected chi connectivity index (χ0v) is 37.2. The number of fused-ring (bicyclic) bond motifs is 5. The Hall–Kier alpha value is -7.50. The summed E-state index contributed by atoms with van der Waals surface area (Å²) in [6.07, 6.45) is 8.29. The quantitative estimate of drug-likeness (QED) is 0.119. The number of nitrogens with zero attached hydrogens (tertiary/aromatic N) is 4. The molecule has 11 aromatic rings. The van der Waals surface area contributed by atoms with Crippen molar-refractivity contribution >= 4 is 43.8 Å². The molecule has 0 unspecified atom stereocenters. The Kier molecular flexibility index (Phi) is 9.28. The van der Waals surface area contributed by atoms with Crippen LogP contribution in [0.2, 0.25) is 0 Å². The summed E-state index contributed by atoms with van der Waals surface area (Å²) in [5.41, 5.74) is 17.2. The van der Waals surface area contributed by atoms with Gasteiger partial charge in [0.05, 0.1) is 39.7 Å². The van der Waals surface area contributed by atoms with Crippen LogP contribution >= 0.6 is 0 Å². The monoisotopic (exact) mass is 830 g/mol. The van der Waals surface area contributed by atoms with Crippen LogP contribution in [0.5, 0.6) is 0 Å². The van der Waals surface area contributed by atoms with Gasteiger partial charge in [-0.1, -0.05) is 175 Å². The molecule has 64 heavy (non-hydrogen) atoms. The summed E-state index contributed by atoms with van der Waals surface area (Å²) in [5, 5.41) is 3.39. The predicted molar refractivity (Wildman–Crippen MR) is 263 cm³/mol. The Morgan fingerprint density at radius 1 is 0.578 bits per heavy atom. The van der Waals surface area contributed by atoms with Crippen molar-refractivity contribution in [2.24, 2.45) is 0 Å². The molecule has 0 amide bonds. The van der Waals surface area contributed by atoms with E-state index in [9.17, 15) is 0 Å². The molecule has 11 rings (SSSR count). The van der Waals surface area contributed by atoms with Gasteiger partial charge >= 0.3 is 0 Å². The first kappa shape index (κ1) is 39.4. The van der Waals surface area contributed by atoms with Gasteiger partial charge in [0.1, 0.15) is 11.4 Å². The molecule has 0 saturated heterocycles. The maximum absolute atomic E-state index is 5.81. The second-order valence-corrected chi connectivity index (χ2v) is 19.1. The van der Waals surface area contributed by atoms with Crippen LogP contribution in [0.25, 0.3) is 83.3 Å². The van der Waals surface area contributed by atoms with Crippen molar-refractivity contribution in [3.05, 3.63) is 211 Å². The van der Waals surface area contributed by atoms with Gasteiger partial charge < -0.3 is 4.42 Å². The van der Waals surface area contributed by atoms with Crippen molar-refractivity contribution in [2.45, 2.75) is 58.8 Å². The van der Waals surface area contributed by atoms with E-state index in [-0.39, 0.29) is 10.8 Å². The highest BCUT2D eigenvalue weighted by Gasteiger charge is 2.25. The fourth-order valence-corrected chi connectivity index (χ4v) is 9.56. The van der Waals surface area contributed by atoms with Crippen LogP contribution in [0, 0.1) is 6.33 Å². The number of hydrogen-bond acceptors (Lipinski definition) is 2. The number of hydrogen-bond donors (Lipinski definition) is 0. The molecule has 0 aliphatic rings. The van der Waals surface area contributed by atoms with E-state index in [0.717, 1.165) is 62.2 Å². The molecule has 0 radical (unpaired) electrons. The third-order valence-corrected chi connectivity index (χ3v) is 12.8.